The van der Waals surface area contributed by atoms with E-state index in [1.54, 1.807) is 7.11 Å². The molecule has 0 saturated heterocycles. The Kier molecular flexibility index (Phi) is 5.37. The van der Waals surface area contributed by atoms with Crippen LogP contribution in [-0.4, -0.2) is 23.2 Å². The van der Waals surface area contributed by atoms with Crippen molar-refractivity contribution in [3.8, 4) is 17.1 Å². The van der Waals surface area contributed by atoms with Crippen molar-refractivity contribution in [2.75, 3.05) is 7.11 Å². The predicted molar refractivity (Wildman–Crippen MR) is 105 cm³/mol. The molecule has 1 heterocycles. The molecule has 6 nitrogen and oxygen atoms in total. The number of nitrogens with one attached hydrogen (secondary N) is 1. The number of carbonyl (C=O) groups is 1. The molecule has 144 valence electrons. The second-order valence-electron chi connectivity index (χ2n) is 6.92. The number of methoxy groups -OCH3 is 1. The topological polar surface area (TPSA) is 77.2 Å². The van der Waals surface area contributed by atoms with Gasteiger partial charge in [-0.25, -0.2) is 0 Å². The van der Waals surface area contributed by atoms with Gasteiger partial charge in [0, 0.05) is 12.8 Å². The molecule has 1 aliphatic carbocycles. The molecule has 0 saturated carbocycles. The van der Waals surface area contributed by atoms with E-state index in [-0.39, 0.29) is 11.9 Å². The molecule has 0 bridgehead atoms. The molecule has 0 unspecified atom stereocenters. The summed E-state index contributed by atoms with van der Waals surface area (Å²) in [7, 11) is 1.60. The Hall–Kier alpha value is -3.15. The van der Waals surface area contributed by atoms with E-state index >= 15 is 0 Å². The molecular formula is C22H23N3O3. The largest absolute Gasteiger partial charge is 0.496 e. The molecule has 3 aromatic rings. The van der Waals surface area contributed by atoms with Gasteiger partial charge in [0.2, 0.25) is 17.6 Å². The van der Waals surface area contributed by atoms with Crippen molar-refractivity contribution in [1.29, 1.82) is 0 Å². The Labute approximate surface area is 163 Å². The first kappa shape index (κ1) is 18.2. The van der Waals surface area contributed by atoms with Crippen LogP contribution in [0.4, 0.5) is 0 Å². The van der Waals surface area contributed by atoms with Crippen LogP contribution in [0.25, 0.3) is 11.4 Å². The molecule has 6 heteroatoms. The van der Waals surface area contributed by atoms with Gasteiger partial charge in [-0.3, -0.25) is 4.79 Å². The lowest BCUT2D eigenvalue weighted by molar-refractivity contribution is -0.122. The zero-order chi connectivity index (χ0) is 19.3. The molecule has 1 aliphatic rings. The van der Waals surface area contributed by atoms with Gasteiger partial charge in [-0.15, -0.1) is 0 Å². The van der Waals surface area contributed by atoms with E-state index in [1.165, 1.54) is 11.1 Å². The number of fused-ring (bicyclic) bond motifs is 1. The summed E-state index contributed by atoms with van der Waals surface area (Å²) in [5, 5.41) is 7.17. The Morgan fingerprint density at radius 2 is 2.04 bits per heavy atom. The van der Waals surface area contributed by atoms with Crippen LogP contribution in [0.1, 0.15) is 42.3 Å². The number of carbonyl (C=O) groups excluding carboxylic acids is 1. The van der Waals surface area contributed by atoms with Gasteiger partial charge >= 0.3 is 0 Å². The fourth-order valence-electron chi connectivity index (χ4n) is 3.69. The number of aromatic nitrogens is 2. The molecule has 1 aromatic heterocycles. The van der Waals surface area contributed by atoms with Crippen molar-refractivity contribution in [2.45, 2.75) is 38.1 Å². The number of aryl methyl sites for hydroxylation is 2. The molecule has 4 rings (SSSR count). The van der Waals surface area contributed by atoms with Gasteiger partial charge in [0.15, 0.2) is 0 Å². The number of hydrogen-bond acceptors (Lipinski definition) is 5. The van der Waals surface area contributed by atoms with Gasteiger partial charge in [0.05, 0.1) is 18.7 Å². The molecule has 1 N–H and O–H groups in total. The van der Waals surface area contributed by atoms with Crippen LogP contribution in [0.5, 0.6) is 5.75 Å². The average Bonchev–Trinajstić information content (AvgIpc) is 3.21. The van der Waals surface area contributed by atoms with E-state index in [2.05, 4.69) is 33.7 Å². The van der Waals surface area contributed by atoms with E-state index in [4.69, 9.17) is 9.26 Å². The molecule has 0 aliphatic heterocycles. The van der Waals surface area contributed by atoms with E-state index in [1.807, 2.05) is 30.3 Å². The highest BCUT2D eigenvalue weighted by atomic mass is 16.5. The second kappa shape index (κ2) is 8.25. The molecule has 28 heavy (non-hydrogen) atoms. The Bertz CT molecular complexity index is 967. The maximum absolute atomic E-state index is 12.5. The standard InChI is InChI=1S/C22H23N3O3/c1-27-19-12-5-4-10-17(19)22-24-21(28-25-22)14-13-20(26)23-18-11-6-8-15-7-2-3-9-16(15)18/h2-5,7,9-10,12,18H,6,8,11,13-14H2,1H3,(H,23,26)/t18-/m1/s1. The van der Waals surface area contributed by atoms with Crippen LogP contribution in [0.3, 0.4) is 0 Å². The second-order valence-corrected chi connectivity index (χ2v) is 6.92. The zero-order valence-electron chi connectivity index (χ0n) is 15.9. The number of para-hydroxylation sites is 1. The van der Waals surface area contributed by atoms with Crippen LogP contribution >= 0.6 is 0 Å². The van der Waals surface area contributed by atoms with E-state index < -0.39 is 0 Å². The monoisotopic (exact) mass is 377 g/mol. The van der Waals surface area contributed by atoms with Crippen molar-refractivity contribution in [1.82, 2.24) is 15.5 Å². The maximum Gasteiger partial charge on any atom is 0.227 e. The first-order valence-corrected chi connectivity index (χ1v) is 9.57. The van der Waals surface area contributed by atoms with Gasteiger partial charge in [-0.05, 0) is 42.5 Å². The van der Waals surface area contributed by atoms with Crippen LogP contribution < -0.4 is 10.1 Å². The normalized spacial score (nSPS) is 15.7. The molecule has 2 aromatic carbocycles. The fraction of sp³-hybridized carbons (Fsp3) is 0.318. The first-order chi connectivity index (χ1) is 13.7. The minimum Gasteiger partial charge on any atom is -0.496 e. The summed E-state index contributed by atoms with van der Waals surface area (Å²) in [6.45, 7) is 0. The average molecular weight is 377 g/mol. The van der Waals surface area contributed by atoms with Crippen LogP contribution in [0.15, 0.2) is 53.1 Å². The van der Waals surface area contributed by atoms with Crippen molar-refractivity contribution in [3.63, 3.8) is 0 Å². The number of amides is 1. The van der Waals surface area contributed by atoms with Crippen molar-refractivity contribution >= 4 is 5.91 Å². The van der Waals surface area contributed by atoms with E-state index in [0.29, 0.717) is 30.3 Å². The highest BCUT2D eigenvalue weighted by Crippen LogP contribution is 2.30. The molecule has 1 atom stereocenters. The number of ether oxygens (including phenoxy) is 1. The van der Waals surface area contributed by atoms with Crippen LogP contribution in [-0.2, 0) is 17.6 Å². The third-order valence-electron chi connectivity index (χ3n) is 5.09. The lowest BCUT2D eigenvalue weighted by atomic mass is 9.87. The van der Waals surface area contributed by atoms with Gasteiger partial charge in [0.1, 0.15) is 5.75 Å². The Balaban J connectivity index is 1.37. The highest BCUT2D eigenvalue weighted by molar-refractivity contribution is 5.76. The lowest BCUT2D eigenvalue weighted by Crippen LogP contribution is -2.31. The predicted octanol–water partition coefficient (Wildman–Crippen LogP) is 3.87. The van der Waals surface area contributed by atoms with Crippen molar-refractivity contribution < 1.29 is 14.1 Å². The minimum absolute atomic E-state index is 0.00116. The minimum atomic E-state index is -0.00116. The smallest absolute Gasteiger partial charge is 0.227 e. The number of rotatable bonds is 6. The first-order valence-electron chi connectivity index (χ1n) is 9.57. The summed E-state index contributed by atoms with van der Waals surface area (Å²) in [6.07, 6.45) is 3.86. The lowest BCUT2D eigenvalue weighted by Gasteiger charge is -2.26. The Morgan fingerprint density at radius 3 is 2.93 bits per heavy atom. The summed E-state index contributed by atoms with van der Waals surface area (Å²) < 4.78 is 10.7. The SMILES string of the molecule is COc1ccccc1-c1noc(CCC(=O)N[C@@H]2CCCc3ccccc32)n1. The summed E-state index contributed by atoms with van der Waals surface area (Å²) in [5.41, 5.74) is 3.33. The number of hydrogen-bond donors (Lipinski definition) is 1. The third kappa shape index (κ3) is 3.91. The summed E-state index contributed by atoms with van der Waals surface area (Å²) in [5.74, 6) is 1.59. The Morgan fingerprint density at radius 1 is 1.21 bits per heavy atom. The maximum atomic E-state index is 12.5. The summed E-state index contributed by atoms with van der Waals surface area (Å²) in [4.78, 5) is 16.9. The number of benzene rings is 2. The van der Waals surface area contributed by atoms with Crippen molar-refractivity contribution in [3.05, 3.63) is 65.5 Å². The summed E-state index contributed by atoms with van der Waals surface area (Å²) >= 11 is 0. The van der Waals surface area contributed by atoms with E-state index in [0.717, 1.165) is 24.8 Å². The highest BCUT2D eigenvalue weighted by Gasteiger charge is 2.21. The molecule has 1 amide bonds. The number of nitrogens with zero attached hydrogens (tertiary/aromatic N) is 2. The third-order valence-corrected chi connectivity index (χ3v) is 5.09. The van der Waals surface area contributed by atoms with Crippen molar-refractivity contribution in [2.24, 2.45) is 0 Å². The molecule has 0 fully saturated rings. The van der Waals surface area contributed by atoms with Gasteiger partial charge in [0.25, 0.3) is 0 Å². The quantitative estimate of drug-likeness (QED) is 0.706. The summed E-state index contributed by atoms with van der Waals surface area (Å²) in [6, 6.07) is 15.9. The fourth-order valence-corrected chi connectivity index (χ4v) is 3.69. The van der Waals surface area contributed by atoms with Crippen LogP contribution in [0.2, 0.25) is 0 Å². The molecule has 0 radical (unpaired) electrons. The van der Waals surface area contributed by atoms with Gasteiger partial charge in [-0.1, -0.05) is 41.6 Å². The van der Waals surface area contributed by atoms with E-state index in [9.17, 15) is 4.79 Å². The molecular weight excluding hydrogens is 354 g/mol. The zero-order valence-corrected chi connectivity index (χ0v) is 15.9. The van der Waals surface area contributed by atoms with Gasteiger partial charge < -0.3 is 14.6 Å². The van der Waals surface area contributed by atoms with Crippen LogP contribution in [0, 0.1) is 0 Å². The molecule has 0 spiro atoms. The van der Waals surface area contributed by atoms with Gasteiger partial charge in [-0.2, -0.15) is 4.98 Å².